The Kier molecular flexibility index (Phi) is 2.07. The summed E-state index contributed by atoms with van der Waals surface area (Å²) in [6.45, 7) is 4.94. The lowest BCUT2D eigenvalue weighted by atomic mass is 9.94. The van der Waals surface area contributed by atoms with Gasteiger partial charge in [0.1, 0.15) is 11.6 Å². The summed E-state index contributed by atoms with van der Waals surface area (Å²) >= 11 is 0. The first-order valence-corrected chi connectivity index (χ1v) is 4.82. The largest absolute Gasteiger partial charge is 0.328 e. The molecule has 1 aromatic rings. The SMILES string of the molecule is Cc1nc2n(n1)CC(C(C)N)CC2. The van der Waals surface area contributed by atoms with Crippen molar-refractivity contribution < 1.29 is 0 Å². The van der Waals surface area contributed by atoms with Gasteiger partial charge in [-0.1, -0.05) is 0 Å². The second-order valence-corrected chi connectivity index (χ2v) is 3.92. The molecule has 0 amide bonds. The van der Waals surface area contributed by atoms with Crippen LogP contribution in [0.15, 0.2) is 0 Å². The van der Waals surface area contributed by atoms with Crippen molar-refractivity contribution in [3.05, 3.63) is 11.6 Å². The molecule has 1 aromatic heterocycles. The van der Waals surface area contributed by atoms with Gasteiger partial charge in [-0.2, -0.15) is 5.10 Å². The molecular formula is C9H16N4. The molecule has 72 valence electrons. The third-order valence-corrected chi connectivity index (χ3v) is 2.74. The van der Waals surface area contributed by atoms with E-state index in [0.29, 0.717) is 5.92 Å². The molecule has 1 aliphatic heterocycles. The second-order valence-electron chi connectivity index (χ2n) is 3.92. The summed E-state index contributed by atoms with van der Waals surface area (Å²) in [7, 11) is 0. The highest BCUT2D eigenvalue weighted by Crippen LogP contribution is 2.19. The minimum atomic E-state index is 0.262. The lowest BCUT2D eigenvalue weighted by Crippen LogP contribution is -2.34. The molecule has 2 heterocycles. The van der Waals surface area contributed by atoms with Crippen molar-refractivity contribution in [3.63, 3.8) is 0 Å². The Balaban J connectivity index is 2.19. The van der Waals surface area contributed by atoms with Gasteiger partial charge >= 0.3 is 0 Å². The summed E-state index contributed by atoms with van der Waals surface area (Å²) in [6.07, 6.45) is 2.17. The summed E-state index contributed by atoms with van der Waals surface area (Å²) in [4.78, 5) is 4.36. The Bertz CT molecular complexity index is 303. The molecule has 13 heavy (non-hydrogen) atoms. The predicted octanol–water partition coefficient (Wildman–Crippen LogP) is 0.496. The molecule has 0 spiro atoms. The standard InChI is InChI=1S/C9H16N4/c1-6(10)8-3-4-9-11-7(2)12-13(9)5-8/h6,8H,3-5,10H2,1-2H3. The van der Waals surface area contributed by atoms with Crippen LogP contribution in [0.5, 0.6) is 0 Å². The van der Waals surface area contributed by atoms with Gasteiger partial charge in [-0.15, -0.1) is 0 Å². The topological polar surface area (TPSA) is 56.7 Å². The molecule has 0 fully saturated rings. The number of hydrogen-bond acceptors (Lipinski definition) is 3. The molecule has 0 radical (unpaired) electrons. The normalized spacial score (nSPS) is 24.1. The lowest BCUT2D eigenvalue weighted by molar-refractivity contribution is 0.303. The van der Waals surface area contributed by atoms with E-state index in [-0.39, 0.29) is 6.04 Å². The van der Waals surface area contributed by atoms with Gasteiger partial charge < -0.3 is 5.73 Å². The molecule has 0 bridgehead atoms. The summed E-state index contributed by atoms with van der Waals surface area (Å²) < 4.78 is 2.01. The fourth-order valence-corrected chi connectivity index (χ4v) is 1.89. The molecule has 2 rings (SSSR count). The van der Waals surface area contributed by atoms with E-state index in [1.165, 1.54) is 0 Å². The van der Waals surface area contributed by atoms with Gasteiger partial charge in [-0.25, -0.2) is 9.67 Å². The first-order valence-electron chi connectivity index (χ1n) is 4.82. The van der Waals surface area contributed by atoms with E-state index in [4.69, 9.17) is 5.73 Å². The van der Waals surface area contributed by atoms with Gasteiger partial charge in [-0.3, -0.25) is 0 Å². The Labute approximate surface area is 78.1 Å². The van der Waals surface area contributed by atoms with Crippen LogP contribution in [-0.2, 0) is 13.0 Å². The molecule has 0 saturated heterocycles. The average molecular weight is 180 g/mol. The van der Waals surface area contributed by atoms with Crippen LogP contribution in [0.25, 0.3) is 0 Å². The minimum Gasteiger partial charge on any atom is -0.328 e. The number of hydrogen-bond donors (Lipinski definition) is 1. The first kappa shape index (κ1) is 8.69. The number of nitrogens with two attached hydrogens (primary N) is 1. The number of fused-ring (bicyclic) bond motifs is 1. The monoisotopic (exact) mass is 180 g/mol. The van der Waals surface area contributed by atoms with Crippen LogP contribution in [-0.4, -0.2) is 20.8 Å². The van der Waals surface area contributed by atoms with Crippen molar-refractivity contribution in [2.24, 2.45) is 11.7 Å². The summed E-state index contributed by atoms with van der Waals surface area (Å²) in [5, 5.41) is 4.33. The first-order chi connectivity index (χ1) is 6.16. The number of nitrogens with zero attached hydrogens (tertiary/aromatic N) is 3. The van der Waals surface area contributed by atoms with Crippen molar-refractivity contribution in [2.45, 2.75) is 39.3 Å². The number of aryl methyl sites for hydroxylation is 2. The molecule has 1 aliphatic rings. The van der Waals surface area contributed by atoms with E-state index >= 15 is 0 Å². The Morgan fingerprint density at radius 1 is 1.62 bits per heavy atom. The zero-order chi connectivity index (χ0) is 9.42. The molecule has 2 N–H and O–H groups in total. The van der Waals surface area contributed by atoms with Crippen LogP contribution in [0.2, 0.25) is 0 Å². The average Bonchev–Trinajstić information content (AvgIpc) is 2.42. The zero-order valence-corrected chi connectivity index (χ0v) is 8.20. The summed E-state index contributed by atoms with van der Waals surface area (Å²) in [5.74, 6) is 2.56. The molecule has 4 nitrogen and oxygen atoms in total. The van der Waals surface area contributed by atoms with E-state index < -0.39 is 0 Å². The molecule has 0 aromatic carbocycles. The lowest BCUT2D eigenvalue weighted by Gasteiger charge is -2.25. The van der Waals surface area contributed by atoms with Gasteiger partial charge in [0, 0.05) is 19.0 Å². The summed E-state index contributed by atoms with van der Waals surface area (Å²) in [5.41, 5.74) is 5.87. The van der Waals surface area contributed by atoms with E-state index in [9.17, 15) is 0 Å². The number of rotatable bonds is 1. The van der Waals surface area contributed by atoms with Gasteiger partial charge in [0.2, 0.25) is 0 Å². The maximum atomic E-state index is 5.87. The highest BCUT2D eigenvalue weighted by molar-refractivity contribution is 4.96. The van der Waals surface area contributed by atoms with Crippen LogP contribution in [0.3, 0.4) is 0 Å². The number of aromatic nitrogens is 3. The fraction of sp³-hybridized carbons (Fsp3) is 0.778. The van der Waals surface area contributed by atoms with Crippen molar-refractivity contribution >= 4 is 0 Å². The second kappa shape index (κ2) is 3.10. The molecule has 0 aliphatic carbocycles. The predicted molar refractivity (Wildman–Crippen MR) is 50.2 cm³/mol. The summed E-state index contributed by atoms with van der Waals surface area (Å²) in [6, 6.07) is 0.262. The Morgan fingerprint density at radius 2 is 2.38 bits per heavy atom. The van der Waals surface area contributed by atoms with Gasteiger partial charge in [0.15, 0.2) is 0 Å². The van der Waals surface area contributed by atoms with Crippen LogP contribution < -0.4 is 5.73 Å². The molecule has 2 unspecified atom stereocenters. The van der Waals surface area contributed by atoms with E-state index in [1.54, 1.807) is 0 Å². The van der Waals surface area contributed by atoms with Crippen LogP contribution in [0.4, 0.5) is 0 Å². The molecule has 0 saturated carbocycles. The van der Waals surface area contributed by atoms with Crippen LogP contribution >= 0.6 is 0 Å². The molecule has 4 heteroatoms. The van der Waals surface area contributed by atoms with Crippen LogP contribution in [0, 0.1) is 12.8 Å². The fourth-order valence-electron chi connectivity index (χ4n) is 1.89. The van der Waals surface area contributed by atoms with Gasteiger partial charge in [0.25, 0.3) is 0 Å². The van der Waals surface area contributed by atoms with Gasteiger partial charge in [0.05, 0.1) is 0 Å². The maximum Gasteiger partial charge on any atom is 0.147 e. The maximum absolute atomic E-state index is 5.87. The minimum absolute atomic E-state index is 0.262. The highest BCUT2D eigenvalue weighted by Gasteiger charge is 2.22. The van der Waals surface area contributed by atoms with E-state index in [2.05, 4.69) is 17.0 Å². The third-order valence-electron chi connectivity index (χ3n) is 2.74. The van der Waals surface area contributed by atoms with Crippen molar-refractivity contribution in [2.75, 3.05) is 0 Å². The quantitative estimate of drug-likeness (QED) is 0.684. The third kappa shape index (κ3) is 1.58. The highest BCUT2D eigenvalue weighted by atomic mass is 15.3. The van der Waals surface area contributed by atoms with Crippen molar-refractivity contribution in [3.8, 4) is 0 Å². The Morgan fingerprint density at radius 3 is 3.08 bits per heavy atom. The van der Waals surface area contributed by atoms with Crippen LogP contribution in [0.1, 0.15) is 25.0 Å². The molecule has 2 atom stereocenters. The Hall–Kier alpha value is -0.900. The van der Waals surface area contributed by atoms with Crippen molar-refractivity contribution in [1.82, 2.24) is 14.8 Å². The smallest absolute Gasteiger partial charge is 0.147 e. The molecular weight excluding hydrogens is 164 g/mol. The van der Waals surface area contributed by atoms with Crippen molar-refractivity contribution in [1.29, 1.82) is 0 Å². The van der Waals surface area contributed by atoms with Gasteiger partial charge in [-0.05, 0) is 26.2 Å². The zero-order valence-electron chi connectivity index (χ0n) is 8.20. The van der Waals surface area contributed by atoms with E-state index in [0.717, 1.165) is 31.0 Å². The van der Waals surface area contributed by atoms with E-state index in [1.807, 2.05) is 11.6 Å².